The molecule has 2 rings (SSSR count). The van der Waals surface area contributed by atoms with E-state index in [4.69, 9.17) is 5.11 Å². The van der Waals surface area contributed by atoms with Gasteiger partial charge in [0.25, 0.3) is 0 Å². The molecule has 1 heterocycles. The molecule has 3 unspecified atom stereocenters. The molecule has 3 atom stereocenters. The molecule has 1 fully saturated rings. The Bertz CT molecular complexity index is 501. The number of piperidine rings is 1. The molecule has 0 aromatic heterocycles. The molecular formula is C16H22F3NO. The first kappa shape index (κ1) is 16.1. The Balaban J connectivity index is 2.47. The number of anilines is 1. The molecular weight excluding hydrogens is 279 g/mol. The van der Waals surface area contributed by atoms with Crippen molar-refractivity contribution >= 4 is 5.69 Å². The molecule has 1 aliphatic rings. The predicted molar refractivity (Wildman–Crippen MR) is 77.1 cm³/mol. The zero-order chi connectivity index (χ0) is 15.8. The quantitative estimate of drug-likeness (QED) is 0.890. The van der Waals surface area contributed by atoms with Crippen molar-refractivity contribution in [3.05, 3.63) is 29.3 Å². The van der Waals surface area contributed by atoms with Crippen LogP contribution in [0.25, 0.3) is 0 Å². The fraction of sp³-hybridized carbons (Fsp3) is 0.625. The highest BCUT2D eigenvalue weighted by molar-refractivity contribution is 5.57. The van der Waals surface area contributed by atoms with E-state index in [-0.39, 0.29) is 23.9 Å². The van der Waals surface area contributed by atoms with Gasteiger partial charge in [-0.05, 0) is 42.9 Å². The van der Waals surface area contributed by atoms with Crippen LogP contribution in [0.15, 0.2) is 18.2 Å². The van der Waals surface area contributed by atoms with Crippen LogP contribution in [0, 0.1) is 11.8 Å². The van der Waals surface area contributed by atoms with E-state index in [0.717, 1.165) is 12.5 Å². The van der Waals surface area contributed by atoms with Crippen LogP contribution in [-0.2, 0) is 12.8 Å². The van der Waals surface area contributed by atoms with Crippen molar-refractivity contribution in [2.45, 2.75) is 46.0 Å². The largest absolute Gasteiger partial charge is 0.418 e. The first-order valence-electron chi connectivity index (χ1n) is 7.31. The van der Waals surface area contributed by atoms with E-state index >= 15 is 0 Å². The van der Waals surface area contributed by atoms with Crippen LogP contribution in [0.1, 0.15) is 38.3 Å². The van der Waals surface area contributed by atoms with Gasteiger partial charge >= 0.3 is 6.18 Å². The number of nitrogens with zero attached hydrogens (tertiary/aromatic N) is 1. The Labute approximate surface area is 123 Å². The number of aliphatic hydroxyl groups is 1. The normalized spacial score (nSPS) is 27.0. The number of rotatable bonds is 2. The Morgan fingerprint density at radius 2 is 1.90 bits per heavy atom. The molecule has 0 aliphatic carbocycles. The van der Waals surface area contributed by atoms with Crippen LogP contribution in [0.4, 0.5) is 18.9 Å². The molecule has 0 bridgehead atoms. The van der Waals surface area contributed by atoms with E-state index in [1.165, 1.54) is 6.07 Å². The molecule has 118 valence electrons. The Morgan fingerprint density at radius 1 is 1.24 bits per heavy atom. The summed E-state index contributed by atoms with van der Waals surface area (Å²) in [5.74, 6) is 0.724. The van der Waals surface area contributed by atoms with Crippen molar-refractivity contribution in [2.24, 2.45) is 11.8 Å². The van der Waals surface area contributed by atoms with Gasteiger partial charge in [0.05, 0.1) is 12.2 Å². The summed E-state index contributed by atoms with van der Waals surface area (Å²) in [6.45, 7) is 6.39. The molecule has 0 radical (unpaired) electrons. The van der Waals surface area contributed by atoms with E-state index in [9.17, 15) is 13.2 Å². The number of hydrogen-bond acceptors (Lipinski definition) is 2. The SMILES string of the molecule is CC1CC(C)C(C)N(c2ccc(CO)cc2C(F)(F)F)C1. The molecule has 0 saturated carbocycles. The van der Waals surface area contributed by atoms with Crippen LogP contribution in [0.3, 0.4) is 0 Å². The van der Waals surface area contributed by atoms with Gasteiger partial charge in [0.2, 0.25) is 0 Å². The maximum absolute atomic E-state index is 13.3. The summed E-state index contributed by atoms with van der Waals surface area (Å²) >= 11 is 0. The number of hydrogen-bond donors (Lipinski definition) is 1. The first-order chi connectivity index (χ1) is 9.74. The fourth-order valence-corrected chi connectivity index (χ4v) is 3.19. The number of alkyl halides is 3. The first-order valence-corrected chi connectivity index (χ1v) is 7.31. The number of halogens is 3. The minimum absolute atomic E-state index is 0.0716. The van der Waals surface area contributed by atoms with Crippen molar-refractivity contribution < 1.29 is 18.3 Å². The smallest absolute Gasteiger partial charge is 0.392 e. The third kappa shape index (κ3) is 3.34. The van der Waals surface area contributed by atoms with Gasteiger partial charge in [0, 0.05) is 18.3 Å². The van der Waals surface area contributed by atoms with Gasteiger partial charge in [0.1, 0.15) is 0 Å². The van der Waals surface area contributed by atoms with E-state index in [1.54, 1.807) is 6.07 Å². The lowest BCUT2D eigenvalue weighted by Gasteiger charge is -2.43. The molecule has 1 aromatic rings. The van der Waals surface area contributed by atoms with E-state index in [2.05, 4.69) is 13.8 Å². The van der Waals surface area contributed by atoms with Crippen LogP contribution >= 0.6 is 0 Å². The molecule has 5 heteroatoms. The van der Waals surface area contributed by atoms with Gasteiger partial charge in [-0.15, -0.1) is 0 Å². The second-order valence-corrected chi connectivity index (χ2v) is 6.22. The van der Waals surface area contributed by atoms with Crippen molar-refractivity contribution in [1.29, 1.82) is 0 Å². The highest BCUT2D eigenvalue weighted by atomic mass is 19.4. The topological polar surface area (TPSA) is 23.5 Å². The minimum atomic E-state index is -4.41. The monoisotopic (exact) mass is 301 g/mol. The lowest BCUT2D eigenvalue weighted by atomic mass is 9.85. The zero-order valence-corrected chi connectivity index (χ0v) is 12.6. The summed E-state index contributed by atoms with van der Waals surface area (Å²) in [6.07, 6.45) is -3.38. The van der Waals surface area contributed by atoms with Gasteiger partial charge < -0.3 is 10.0 Å². The molecule has 1 aromatic carbocycles. The minimum Gasteiger partial charge on any atom is -0.392 e. The second kappa shape index (κ2) is 5.87. The highest BCUT2D eigenvalue weighted by Crippen LogP contribution is 2.40. The lowest BCUT2D eigenvalue weighted by Crippen LogP contribution is -2.46. The maximum atomic E-state index is 13.3. The summed E-state index contributed by atoms with van der Waals surface area (Å²) in [5.41, 5.74) is -0.135. The molecule has 1 aliphatic heterocycles. The predicted octanol–water partition coefficient (Wildman–Crippen LogP) is 4.07. The summed E-state index contributed by atoms with van der Waals surface area (Å²) in [5, 5.41) is 9.08. The molecule has 0 amide bonds. The highest BCUT2D eigenvalue weighted by Gasteiger charge is 2.38. The van der Waals surface area contributed by atoms with E-state index in [1.807, 2.05) is 11.8 Å². The van der Waals surface area contributed by atoms with Crippen molar-refractivity contribution in [2.75, 3.05) is 11.4 Å². The Kier molecular flexibility index (Phi) is 4.51. The summed E-state index contributed by atoms with van der Waals surface area (Å²) in [4.78, 5) is 1.86. The van der Waals surface area contributed by atoms with Crippen LogP contribution in [0.2, 0.25) is 0 Å². The summed E-state index contributed by atoms with van der Waals surface area (Å²) < 4.78 is 40.0. The molecule has 1 N–H and O–H groups in total. The lowest BCUT2D eigenvalue weighted by molar-refractivity contribution is -0.137. The van der Waals surface area contributed by atoms with Gasteiger partial charge in [-0.3, -0.25) is 0 Å². The molecule has 1 saturated heterocycles. The second-order valence-electron chi connectivity index (χ2n) is 6.22. The van der Waals surface area contributed by atoms with E-state index < -0.39 is 11.7 Å². The zero-order valence-electron chi connectivity index (χ0n) is 12.6. The molecule has 21 heavy (non-hydrogen) atoms. The Morgan fingerprint density at radius 3 is 2.48 bits per heavy atom. The summed E-state index contributed by atoms with van der Waals surface area (Å²) in [7, 11) is 0. The number of benzene rings is 1. The van der Waals surface area contributed by atoms with Crippen LogP contribution < -0.4 is 4.90 Å². The third-order valence-corrected chi connectivity index (χ3v) is 4.46. The Hall–Kier alpha value is -1.23. The number of aliphatic hydroxyl groups excluding tert-OH is 1. The van der Waals surface area contributed by atoms with Crippen molar-refractivity contribution in [3.63, 3.8) is 0 Å². The third-order valence-electron chi connectivity index (χ3n) is 4.46. The fourth-order valence-electron chi connectivity index (χ4n) is 3.19. The molecule has 2 nitrogen and oxygen atoms in total. The average Bonchev–Trinajstić information content (AvgIpc) is 2.41. The summed E-state index contributed by atoms with van der Waals surface area (Å²) in [6, 6.07) is 4.20. The van der Waals surface area contributed by atoms with Gasteiger partial charge in [-0.2, -0.15) is 13.2 Å². The van der Waals surface area contributed by atoms with E-state index in [0.29, 0.717) is 18.4 Å². The average molecular weight is 301 g/mol. The standard InChI is InChI=1S/C16H22F3NO/c1-10-6-11(2)12(3)20(8-10)15-5-4-13(9-21)7-14(15)16(17,18)19/h4-5,7,10-12,21H,6,8-9H2,1-3H3. The molecule has 0 spiro atoms. The van der Waals surface area contributed by atoms with Crippen molar-refractivity contribution in [3.8, 4) is 0 Å². The van der Waals surface area contributed by atoms with Gasteiger partial charge in [0.15, 0.2) is 0 Å². The van der Waals surface area contributed by atoms with Gasteiger partial charge in [-0.25, -0.2) is 0 Å². The van der Waals surface area contributed by atoms with Crippen molar-refractivity contribution in [1.82, 2.24) is 0 Å². The van der Waals surface area contributed by atoms with Crippen LogP contribution in [0.5, 0.6) is 0 Å². The maximum Gasteiger partial charge on any atom is 0.418 e. The van der Waals surface area contributed by atoms with Crippen LogP contribution in [-0.4, -0.2) is 17.7 Å². The van der Waals surface area contributed by atoms with Gasteiger partial charge in [-0.1, -0.05) is 19.9 Å².